The van der Waals surface area contributed by atoms with Crippen LogP contribution in [0.3, 0.4) is 0 Å². The lowest BCUT2D eigenvalue weighted by Gasteiger charge is -1.82. The maximum absolute atomic E-state index is 10.5. The summed E-state index contributed by atoms with van der Waals surface area (Å²) in [7, 11) is 0. The van der Waals surface area contributed by atoms with Gasteiger partial charge < -0.3 is 9.63 Å². The summed E-state index contributed by atoms with van der Waals surface area (Å²) in [5.41, 5.74) is 0.540. The van der Waals surface area contributed by atoms with Gasteiger partial charge in [-0.3, -0.25) is 0 Å². The number of aromatic nitrogens is 1. The molecule has 0 fully saturated rings. The third-order valence-electron chi connectivity index (χ3n) is 1.55. The van der Waals surface area contributed by atoms with Crippen molar-refractivity contribution in [2.45, 2.75) is 0 Å². The predicted molar refractivity (Wildman–Crippen MR) is 54.5 cm³/mol. The highest BCUT2D eigenvalue weighted by molar-refractivity contribution is 9.11. The molecule has 4 nitrogen and oxygen atoms in total. The van der Waals surface area contributed by atoms with Crippen molar-refractivity contribution >= 4 is 33.2 Å². The molecule has 0 bridgehead atoms. The summed E-state index contributed by atoms with van der Waals surface area (Å²) in [5.74, 6) is -1.26. The largest absolute Gasteiger partial charge is 0.475 e. The molecule has 0 atom stereocenters. The van der Waals surface area contributed by atoms with Crippen molar-refractivity contribution in [2.24, 2.45) is 0 Å². The van der Waals surface area contributed by atoms with Gasteiger partial charge in [-0.25, -0.2) is 4.79 Å². The third-order valence-corrected chi connectivity index (χ3v) is 3.19. The number of hydrogen-bond acceptors (Lipinski definition) is 4. The molecule has 1 N–H and O–H groups in total. The molecule has 0 spiro atoms. The van der Waals surface area contributed by atoms with Gasteiger partial charge in [-0.15, -0.1) is 11.3 Å². The maximum atomic E-state index is 10.5. The zero-order valence-electron chi connectivity index (χ0n) is 6.73. The molecule has 2 heterocycles. The number of aromatic carboxylic acids is 1. The smallest absolute Gasteiger partial charge is 0.374 e. The first-order chi connectivity index (χ1) is 6.66. The van der Waals surface area contributed by atoms with Crippen LogP contribution in [0.15, 0.2) is 26.5 Å². The summed E-state index contributed by atoms with van der Waals surface area (Å²) in [6, 6.07) is 5.12. The normalized spacial score (nSPS) is 10.4. The molecule has 6 heteroatoms. The molecule has 0 aliphatic heterocycles. The zero-order valence-corrected chi connectivity index (χ0v) is 9.13. The SMILES string of the molecule is O=C(O)c1cc(-c2ccc(Br)s2)no1. The topological polar surface area (TPSA) is 63.3 Å². The van der Waals surface area contributed by atoms with Crippen LogP contribution in [-0.4, -0.2) is 16.2 Å². The number of rotatable bonds is 2. The van der Waals surface area contributed by atoms with Crippen molar-refractivity contribution in [2.75, 3.05) is 0 Å². The van der Waals surface area contributed by atoms with E-state index >= 15 is 0 Å². The quantitative estimate of drug-likeness (QED) is 0.914. The fraction of sp³-hybridized carbons (Fsp3) is 0. The first kappa shape index (κ1) is 9.42. The summed E-state index contributed by atoms with van der Waals surface area (Å²) in [6.45, 7) is 0. The van der Waals surface area contributed by atoms with Gasteiger partial charge in [0.25, 0.3) is 0 Å². The standard InChI is InChI=1S/C8H4BrNO3S/c9-7-2-1-6(14-7)4-3-5(8(11)12)13-10-4/h1-3H,(H,11,12). The van der Waals surface area contributed by atoms with E-state index in [2.05, 4.69) is 25.6 Å². The molecule has 2 aromatic heterocycles. The summed E-state index contributed by atoms with van der Waals surface area (Å²) in [4.78, 5) is 11.4. The van der Waals surface area contributed by atoms with E-state index in [1.165, 1.54) is 17.4 Å². The minimum absolute atomic E-state index is 0.149. The van der Waals surface area contributed by atoms with E-state index in [4.69, 9.17) is 5.11 Å². The van der Waals surface area contributed by atoms with Crippen molar-refractivity contribution in [3.63, 3.8) is 0 Å². The van der Waals surface area contributed by atoms with Gasteiger partial charge in [0.15, 0.2) is 0 Å². The number of halogens is 1. The molecule has 0 unspecified atom stereocenters. The van der Waals surface area contributed by atoms with Gasteiger partial charge in [-0.2, -0.15) is 0 Å². The van der Waals surface area contributed by atoms with Gasteiger partial charge in [0.05, 0.1) is 8.66 Å². The van der Waals surface area contributed by atoms with Gasteiger partial charge in [0.1, 0.15) is 5.69 Å². The van der Waals surface area contributed by atoms with Crippen LogP contribution >= 0.6 is 27.3 Å². The van der Waals surface area contributed by atoms with Crippen LogP contribution in [-0.2, 0) is 0 Å². The van der Waals surface area contributed by atoms with Crippen LogP contribution in [0.2, 0.25) is 0 Å². The highest BCUT2D eigenvalue weighted by Crippen LogP contribution is 2.30. The second kappa shape index (κ2) is 3.55. The Morgan fingerprint density at radius 1 is 1.57 bits per heavy atom. The lowest BCUT2D eigenvalue weighted by atomic mass is 10.3. The van der Waals surface area contributed by atoms with Gasteiger partial charge in [-0.05, 0) is 28.1 Å². The van der Waals surface area contributed by atoms with Gasteiger partial charge >= 0.3 is 5.97 Å². The molecule has 2 rings (SSSR count). The molecule has 2 aromatic rings. The summed E-state index contributed by atoms with van der Waals surface area (Å²) < 4.78 is 5.60. The van der Waals surface area contributed by atoms with E-state index in [0.29, 0.717) is 5.69 Å². The highest BCUT2D eigenvalue weighted by atomic mass is 79.9. The summed E-state index contributed by atoms with van der Waals surface area (Å²) in [6.07, 6.45) is 0. The first-order valence-electron chi connectivity index (χ1n) is 3.62. The zero-order chi connectivity index (χ0) is 10.1. The maximum Gasteiger partial charge on any atom is 0.374 e. The average Bonchev–Trinajstić information content (AvgIpc) is 2.70. The second-order valence-electron chi connectivity index (χ2n) is 2.49. The van der Waals surface area contributed by atoms with E-state index in [9.17, 15) is 4.79 Å². The number of carboxylic acids is 1. The van der Waals surface area contributed by atoms with Crippen molar-refractivity contribution in [3.8, 4) is 10.6 Å². The van der Waals surface area contributed by atoms with Crippen LogP contribution in [0.25, 0.3) is 10.6 Å². The minimum atomic E-state index is -1.11. The van der Waals surface area contributed by atoms with Gasteiger partial charge in [-0.1, -0.05) is 5.16 Å². The number of nitrogens with zero attached hydrogens (tertiary/aromatic N) is 1. The monoisotopic (exact) mass is 273 g/mol. The molecule has 0 amide bonds. The van der Waals surface area contributed by atoms with E-state index in [0.717, 1.165) is 8.66 Å². The Balaban J connectivity index is 2.38. The predicted octanol–water partition coefficient (Wildman–Crippen LogP) is 2.86. The second-order valence-corrected chi connectivity index (χ2v) is 4.95. The van der Waals surface area contributed by atoms with E-state index in [1.54, 1.807) is 0 Å². The number of carboxylic acid groups (broad SMARTS) is 1. The molecule has 14 heavy (non-hydrogen) atoms. The van der Waals surface area contributed by atoms with Crippen molar-refractivity contribution < 1.29 is 14.4 Å². The fourth-order valence-corrected chi connectivity index (χ4v) is 2.28. The molecule has 0 aromatic carbocycles. The Morgan fingerprint density at radius 2 is 2.36 bits per heavy atom. The third kappa shape index (κ3) is 1.71. The lowest BCUT2D eigenvalue weighted by Crippen LogP contribution is -1.91. The van der Waals surface area contributed by atoms with Gasteiger partial charge in [0, 0.05) is 6.07 Å². The Hall–Kier alpha value is -1.14. The Bertz CT molecular complexity index is 476. The molecule has 0 saturated heterocycles. The van der Waals surface area contributed by atoms with Crippen LogP contribution in [0, 0.1) is 0 Å². The number of thiophene rings is 1. The number of hydrogen-bond donors (Lipinski definition) is 1. The molecular weight excluding hydrogens is 270 g/mol. The van der Waals surface area contributed by atoms with Crippen molar-refractivity contribution in [3.05, 3.63) is 27.7 Å². The average molecular weight is 274 g/mol. The van der Waals surface area contributed by atoms with Crippen LogP contribution in [0.1, 0.15) is 10.6 Å². The van der Waals surface area contributed by atoms with Crippen LogP contribution in [0.4, 0.5) is 0 Å². The highest BCUT2D eigenvalue weighted by Gasteiger charge is 2.13. The van der Waals surface area contributed by atoms with Crippen LogP contribution < -0.4 is 0 Å². The minimum Gasteiger partial charge on any atom is -0.475 e. The van der Waals surface area contributed by atoms with E-state index < -0.39 is 5.97 Å². The summed E-state index contributed by atoms with van der Waals surface area (Å²) >= 11 is 4.78. The molecular formula is C8H4BrNO3S. The Morgan fingerprint density at radius 3 is 2.86 bits per heavy atom. The molecule has 0 aliphatic rings. The van der Waals surface area contributed by atoms with Crippen molar-refractivity contribution in [1.29, 1.82) is 0 Å². The van der Waals surface area contributed by atoms with Crippen LogP contribution in [0.5, 0.6) is 0 Å². The van der Waals surface area contributed by atoms with E-state index in [1.807, 2.05) is 12.1 Å². The Kier molecular flexibility index (Phi) is 2.39. The fourth-order valence-electron chi connectivity index (χ4n) is 0.944. The van der Waals surface area contributed by atoms with Crippen molar-refractivity contribution in [1.82, 2.24) is 5.16 Å². The molecule has 0 saturated carbocycles. The molecule has 0 aliphatic carbocycles. The summed E-state index contributed by atoms with van der Waals surface area (Å²) in [5, 5.41) is 12.3. The molecule has 0 radical (unpaired) electrons. The lowest BCUT2D eigenvalue weighted by molar-refractivity contribution is 0.0652. The van der Waals surface area contributed by atoms with E-state index in [-0.39, 0.29) is 5.76 Å². The van der Waals surface area contributed by atoms with Gasteiger partial charge in [0.2, 0.25) is 5.76 Å². The molecule has 72 valence electrons. The Labute approximate surface area is 91.3 Å². The first-order valence-corrected chi connectivity index (χ1v) is 5.23. The number of carbonyl (C=O) groups is 1.